The van der Waals surface area contributed by atoms with Gasteiger partial charge in [-0.1, -0.05) is 12.1 Å². The molecule has 2 aliphatic rings. The molecule has 2 amide bonds. The average Bonchev–Trinajstić information content (AvgIpc) is 3.14. The molecule has 2 saturated heterocycles. The number of carbonyl (C=O) groups is 1. The van der Waals surface area contributed by atoms with E-state index >= 15 is 0 Å². The van der Waals surface area contributed by atoms with Crippen molar-refractivity contribution in [3.05, 3.63) is 30.1 Å². The van der Waals surface area contributed by atoms with E-state index < -0.39 is 0 Å². The summed E-state index contributed by atoms with van der Waals surface area (Å²) in [5.41, 5.74) is 2.10. The number of imidazole rings is 1. The van der Waals surface area contributed by atoms with Gasteiger partial charge in [0.2, 0.25) is 0 Å². The number of ether oxygens (including phenoxy) is 1. The number of rotatable bonds is 6. The van der Waals surface area contributed by atoms with Crippen molar-refractivity contribution in [3.8, 4) is 0 Å². The van der Waals surface area contributed by atoms with Gasteiger partial charge in [0, 0.05) is 39.1 Å². The first-order chi connectivity index (χ1) is 13.8. The van der Waals surface area contributed by atoms with E-state index in [1.54, 1.807) is 0 Å². The zero-order valence-electron chi connectivity index (χ0n) is 16.5. The Labute approximate surface area is 166 Å². The molecule has 28 heavy (non-hydrogen) atoms. The molecule has 0 radical (unpaired) electrons. The molecule has 2 fully saturated rings. The van der Waals surface area contributed by atoms with Gasteiger partial charge in [-0.05, 0) is 43.9 Å². The van der Waals surface area contributed by atoms with E-state index in [4.69, 9.17) is 9.72 Å². The summed E-state index contributed by atoms with van der Waals surface area (Å²) in [4.78, 5) is 25.0. The molecule has 0 saturated carbocycles. The van der Waals surface area contributed by atoms with Crippen LogP contribution in [0.25, 0.3) is 11.0 Å². The molecule has 152 valence electrons. The van der Waals surface area contributed by atoms with Crippen LogP contribution < -0.4 is 5.32 Å². The molecule has 3 heterocycles. The number of aromatic nitrogens is 2. The van der Waals surface area contributed by atoms with Crippen LogP contribution in [-0.4, -0.2) is 78.3 Å². The van der Waals surface area contributed by atoms with Gasteiger partial charge in [0.15, 0.2) is 0 Å². The van der Waals surface area contributed by atoms with E-state index in [0.717, 1.165) is 95.0 Å². The van der Waals surface area contributed by atoms with Gasteiger partial charge in [-0.15, -0.1) is 0 Å². The third-order valence-corrected chi connectivity index (χ3v) is 5.76. The fourth-order valence-corrected chi connectivity index (χ4v) is 4.23. The first kappa shape index (κ1) is 19.2. The standard InChI is InChI=1S/C21H31N5O2/c27-21(22-8-4-9-25-11-13-28-14-12-25)26-10-3-5-17(16-26)15-20-23-18-6-1-2-7-19(18)24-20/h1-2,6-7,17H,3-5,8-16H2,(H,22,27)(H,23,24)/t17-/m1/s1. The largest absolute Gasteiger partial charge is 0.379 e. The summed E-state index contributed by atoms with van der Waals surface area (Å²) in [7, 11) is 0. The average molecular weight is 386 g/mol. The topological polar surface area (TPSA) is 73.5 Å². The summed E-state index contributed by atoms with van der Waals surface area (Å²) in [5.74, 6) is 1.49. The predicted molar refractivity (Wildman–Crippen MR) is 109 cm³/mol. The molecule has 0 spiro atoms. The second kappa shape index (κ2) is 9.39. The summed E-state index contributed by atoms with van der Waals surface area (Å²) in [5, 5.41) is 3.10. The minimum Gasteiger partial charge on any atom is -0.379 e. The van der Waals surface area contributed by atoms with Gasteiger partial charge in [-0.25, -0.2) is 9.78 Å². The fourth-order valence-electron chi connectivity index (χ4n) is 4.23. The van der Waals surface area contributed by atoms with Crippen molar-refractivity contribution in [1.82, 2.24) is 25.1 Å². The maximum atomic E-state index is 12.5. The van der Waals surface area contributed by atoms with Gasteiger partial charge in [0.1, 0.15) is 5.82 Å². The first-order valence-corrected chi connectivity index (χ1v) is 10.5. The van der Waals surface area contributed by atoms with E-state index in [-0.39, 0.29) is 6.03 Å². The van der Waals surface area contributed by atoms with Crippen molar-refractivity contribution in [2.24, 2.45) is 5.92 Å². The number of amides is 2. The lowest BCUT2D eigenvalue weighted by Crippen LogP contribution is -2.46. The SMILES string of the molecule is O=C(NCCCN1CCOCC1)N1CCC[C@H](Cc2nc3ccccc3[nH]2)C1. The smallest absolute Gasteiger partial charge is 0.317 e. The van der Waals surface area contributed by atoms with Crippen molar-refractivity contribution in [2.45, 2.75) is 25.7 Å². The number of piperidine rings is 1. The number of nitrogens with zero attached hydrogens (tertiary/aromatic N) is 3. The molecule has 7 heteroatoms. The van der Waals surface area contributed by atoms with Crippen LogP contribution in [0, 0.1) is 5.92 Å². The Kier molecular flexibility index (Phi) is 6.44. The van der Waals surface area contributed by atoms with Crippen molar-refractivity contribution in [3.63, 3.8) is 0 Å². The number of urea groups is 1. The molecule has 1 atom stereocenters. The molecular formula is C21H31N5O2. The molecule has 0 bridgehead atoms. The maximum absolute atomic E-state index is 12.5. The Balaban J connectivity index is 1.21. The molecule has 0 aliphatic carbocycles. The van der Waals surface area contributed by atoms with Gasteiger partial charge in [0.05, 0.1) is 24.2 Å². The number of nitrogens with one attached hydrogen (secondary N) is 2. The number of hydrogen-bond acceptors (Lipinski definition) is 4. The van der Waals surface area contributed by atoms with Crippen LogP contribution in [0.1, 0.15) is 25.1 Å². The summed E-state index contributed by atoms with van der Waals surface area (Å²) >= 11 is 0. The fraction of sp³-hybridized carbons (Fsp3) is 0.619. The normalized spacial score (nSPS) is 21.1. The molecule has 1 aromatic heterocycles. The number of fused-ring (bicyclic) bond motifs is 1. The second-order valence-electron chi connectivity index (χ2n) is 7.90. The molecular weight excluding hydrogens is 354 g/mol. The zero-order chi connectivity index (χ0) is 19.2. The Morgan fingerprint density at radius 2 is 2.11 bits per heavy atom. The minimum atomic E-state index is 0.0799. The van der Waals surface area contributed by atoms with Crippen molar-refractivity contribution in [2.75, 3.05) is 52.5 Å². The Hall–Kier alpha value is -2.12. The molecule has 7 nitrogen and oxygen atoms in total. The Bertz CT molecular complexity index is 738. The minimum absolute atomic E-state index is 0.0799. The number of hydrogen-bond donors (Lipinski definition) is 2. The van der Waals surface area contributed by atoms with Gasteiger partial charge in [0.25, 0.3) is 0 Å². The Morgan fingerprint density at radius 3 is 2.96 bits per heavy atom. The lowest BCUT2D eigenvalue weighted by atomic mass is 9.95. The van der Waals surface area contributed by atoms with Crippen LogP contribution in [-0.2, 0) is 11.2 Å². The summed E-state index contributed by atoms with van der Waals surface area (Å²) in [6.07, 6.45) is 4.10. The number of benzene rings is 1. The van der Waals surface area contributed by atoms with Crippen molar-refractivity contribution >= 4 is 17.1 Å². The molecule has 2 N–H and O–H groups in total. The summed E-state index contributed by atoms with van der Waals surface area (Å²) in [6.45, 7) is 7.09. The number of likely N-dealkylation sites (tertiary alicyclic amines) is 1. The highest BCUT2D eigenvalue weighted by Gasteiger charge is 2.24. The van der Waals surface area contributed by atoms with Gasteiger partial charge in [-0.2, -0.15) is 0 Å². The van der Waals surface area contributed by atoms with Crippen LogP contribution >= 0.6 is 0 Å². The quantitative estimate of drug-likeness (QED) is 0.748. The lowest BCUT2D eigenvalue weighted by molar-refractivity contribution is 0.0374. The van der Waals surface area contributed by atoms with Crippen LogP contribution in [0.5, 0.6) is 0 Å². The third kappa shape index (κ3) is 5.02. The van der Waals surface area contributed by atoms with E-state index in [2.05, 4.69) is 21.3 Å². The van der Waals surface area contributed by atoms with E-state index in [1.807, 2.05) is 23.1 Å². The van der Waals surface area contributed by atoms with Gasteiger partial charge in [-0.3, -0.25) is 4.90 Å². The Morgan fingerprint density at radius 1 is 1.25 bits per heavy atom. The van der Waals surface area contributed by atoms with E-state index in [1.165, 1.54) is 0 Å². The molecule has 0 unspecified atom stereocenters. The number of morpholine rings is 1. The van der Waals surface area contributed by atoms with Crippen LogP contribution in [0.3, 0.4) is 0 Å². The van der Waals surface area contributed by atoms with Crippen molar-refractivity contribution < 1.29 is 9.53 Å². The first-order valence-electron chi connectivity index (χ1n) is 10.5. The summed E-state index contributed by atoms with van der Waals surface area (Å²) < 4.78 is 5.37. The number of carbonyl (C=O) groups excluding carboxylic acids is 1. The third-order valence-electron chi connectivity index (χ3n) is 5.76. The predicted octanol–water partition coefficient (Wildman–Crippen LogP) is 2.25. The maximum Gasteiger partial charge on any atom is 0.317 e. The number of H-pyrrole nitrogens is 1. The zero-order valence-corrected chi connectivity index (χ0v) is 16.5. The second-order valence-corrected chi connectivity index (χ2v) is 7.90. The number of aromatic amines is 1. The summed E-state index contributed by atoms with van der Waals surface area (Å²) in [6, 6.07) is 8.21. The highest BCUT2D eigenvalue weighted by Crippen LogP contribution is 2.21. The van der Waals surface area contributed by atoms with E-state index in [0.29, 0.717) is 5.92 Å². The van der Waals surface area contributed by atoms with Gasteiger partial charge < -0.3 is 19.9 Å². The van der Waals surface area contributed by atoms with Crippen LogP contribution in [0.2, 0.25) is 0 Å². The molecule has 2 aromatic rings. The molecule has 4 rings (SSSR count). The number of para-hydroxylation sites is 2. The highest BCUT2D eigenvalue weighted by molar-refractivity contribution is 5.75. The monoisotopic (exact) mass is 385 g/mol. The molecule has 2 aliphatic heterocycles. The van der Waals surface area contributed by atoms with Crippen LogP contribution in [0.4, 0.5) is 4.79 Å². The molecule has 1 aromatic carbocycles. The lowest BCUT2D eigenvalue weighted by Gasteiger charge is -2.32. The van der Waals surface area contributed by atoms with Crippen LogP contribution in [0.15, 0.2) is 24.3 Å². The van der Waals surface area contributed by atoms with Crippen molar-refractivity contribution in [1.29, 1.82) is 0 Å². The van der Waals surface area contributed by atoms with Gasteiger partial charge >= 0.3 is 6.03 Å². The van der Waals surface area contributed by atoms with E-state index in [9.17, 15) is 4.79 Å². The highest BCUT2D eigenvalue weighted by atomic mass is 16.5.